The molecule has 0 unspecified atom stereocenters. The van der Waals surface area contributed by atoms with Crippen molar-refractivity contribution >= 4 is 96.0 Å². The number of para-hydroxylation sites is 4. The van der Waals surface area contributed by atoms with E-state index < -0.39 is 8.07 Å². The minimum Gasteiger partial charge on any atom is -0.456 e. The van der Waals surface area contributed by atoms with Crippen LogP contribution in [-0.4, -0.2) is 12.6 Å². The van der Waals surface area contributed by atoms with Crippen LogP contribution in [0.3, 0.4) is 0 Å². The number of benzene rings is 8. The molecule has 0 saturated heterocycles. The molecule has 0 aliphatic heterocycles. The Labute approximate surface area is 343 Å². The molecule has 12 rings (SSSR count). The minimum atomic E-state index is -1.57. The fourth-order valence-electron chi connectivity index (χ4n) is 10.0. The fraction of sp³-hybridized carbons (Fsp3) is 0.111. The van der Waals surface area contributed by atoms with E-state index in [0.29, 0.717) is 0 Å². The van der Waals surface area contributed by atoms with Gasteiger partial charge in [0.15, 0.2) is 5.58 Å². The lowest BCUT2D eigenvalue weighted by Gasteiger charge is -2.29. The first kappa shape index (κ1) is 34.2. The summed E-state index contributed by atoms with van der Waals surface area (Å²) in [5, 5.41) is 8.42. The Bertz CT molecular complexity index is 3510. The lowest BCUT2D eigenvalue weighted by molar-refractivity contribution is 0.654. The summed E-state index contributed by atoms with van der Waals surface area (Å²) in [5.74, 6) is 0. The predicted octanol–water partition coefficient (Wildman–Crippen LogP) is 14.9. The van der Waals surface area contributed by atoms with Crippen molar-refractivity contribution < 1.29 is 8.83 Å². The molecule has 0 radical (unpaired) electrons. The van der Waals surface area contributed by atoms with Gasteiger partial charge in [0.05, 0.1) is 24.8 Å². The minimum absolute atomic E-state index is 0.307. The third-order valence-electron chi connectivity index (χ3n) is 12.9. The molecule has 59 heavy (non-hydrogen) atoms. The van der Waals surface area contributed by atoms with E-state index in [0.717, 1.165) is 61.2 Å². The number of hydrogen-bond acceptors (Lipinski definition) is 3. The van der Waals surface area contributed by atoms with Crippen molar-refractivity contribution in [2.45, 2.75) is 38.9 Å². The largest absolute Gasteiger partial charge is 0.456 e. The van der Waals surface area contributed by atoms with Crippen molar-refractivity contribution in [2.24, 2.45) is 0 Å². The number of rotatable bonds is 5. The summed E-state index contributed by atoms with van der Waals surface area (Å²) in [5.41, 5.74) is 15.0. The number of nitrogens with zero attached hydrogens (tertiary/aromatic N) is 2. The monoisotopic (exact) mass is 778 g/mol. The number of furan rings is 2. The van der Waals surface area contributed by atoms with E-state index in [4.69, 9.17) is 8.83 Å². The van der Waals surface area contributed by atoms with Crippen molar-refractivity contribution in [3.8, 4) is 16.8 Å². The summed E-state index contributed by atoms with van der Waals surface area (Å²) in [7, 11) is -1.57. The van der Waals surface area contributed by atoms with Gasteiger partial charge in [-0.15, -0.1) is 0 Å². The van der Waals surface area contributed by atoms with Gasteiger partial charge in [0, 0.05) is 54.8 Å². The second-order valence-electron chi connectivity index (χ2n) is 17.7. The maximum Gasteiger partial charge on any atom is 0.160 e. The van der Waals surface area contributed by atoms with Gasteiger partial charge in [-0.3, -0.25) is 0 Å². The summed E-state index contributed by atoms with van der Waals surface area (Å²) < 4.78 is 16.0. The molecule has 1 aliphatic carbocycles. The van der Waals surface area contributed by atoms with Crippen LogP contribution in [0.15, 0.2) is 173 Å². The zero-order valence-electron chi connectivity index (χ0n) is 33.8. The van der Waals surface area contributed by atoms with E-state index >= 15 is 0 Å². The van der Waals surface area contributed by atoms with Crippen LogP contribution < -0.4 is 10.1 Å². The summed E-state index contributed by atoms with van der Waals surface area (Å²) >= 11 is 0. The molecular formula is C54H42N2O2Si. The highest BCUT2D eigenvalue weighted by molar-refractivity contribution is 6.88. The Balaban J connectivity index is 1.19. The molecule has 3 aromatic heterocycles. The van der Waals surface area contributed by atoms with Crippen molar-refractivity contribution in [1.29, 1.82) is 0 Å². The first-order valence-corrected chi connectivity index (χ1v) is 24.1. The highest BCUT2D eigenvalue weighted by Gasteiger charge is 2.41. The number of anilines is 3. The van der Waals surface area contributed by atoms with Gasteiger partial charge in [-0.05, 0) is 95.1 Å². The van der Waals surface area contributed by atoms with Gasteiger partial charge in [-0.1, -0.05) is 130 Å². The second kappa shape index (κ2) is 12.1. The third kappa shape index (κ3) is 4.82. The zero-order chi connectivity index (χ0) is 39.8. The van der Waals surface area contributed by atoms with Crippen LogP contribution in [0.5, 0.6) is 0 Å². The van der Waals surface area contributed by atoms with Gasteiger partial charge < -0.3 is 18.3 Å². The molecule has 11 aromatic rings. The van der Waals surface area contributed by atoms with Crippen LogP contribution in [-0.2, 0) is 5.41 Å². The van der Waals surface area contributed by atoms with Crippen molar-refractivity contribution in [3.05, 3.63) is 175 Å². The molecule has 1 aliphatic rings. The normalized spacial score (nSPS) is 13.6. The Hall–Kier alpha value is -6.82. The van der Waals surface area contributed by atoms with E-state index in [1.807, 2.05) is 0 Å². The van der Waals surface area contributed by atoms with E-state index in [2.05, 4.69) is 207 Å². The highest BCUT2D eigenvalue weighted by Crippen LogP contribution is 2.59. The highest BCUT2D eigenvalue weighted by atomic mass is 28.3. The van der Waals surface area contributed by atoms with Crippen LogP contribution >= 0.6 is 0 Å². The average Bonchev–Trinajstić information content (AvgIpc) is 3.98. The zero-order valence-corrected chi connectivity index (χ0v) is 34.8. The Morgan fingerprint density at radius 1 is 0.492 bits per heavy atom. The molecule has 0 spiro atoms. The summed E-state index contributed by atoms with van der Waals surface area (Å²) in [6, 6.07) is 59.6. The summed E-state index contributed by atoms with van der Waals surface area (Å²) in [6.07, 6.45) is 0. The van der Waals surface area contributed by atoms with Gasteiger partial charge >= 0.3 is 0 Å². The number of hydrogen-bond donors (Lipinski definition) is 0. The Kier molecular flexibility index (Phi) is 7.02. The molecule has 0 fully saturated rings. The van der Waals surface area contributed by atoms with Crippen LogP contribution in [0.2, 0.25) is 19.6 Å². The topological polar surface area (TPSA) is 34.5 Å². The first-order valence-electron chi connectivity index (χ1n) is 20.6. The van der Waals surface area contributed by atoms with E-state index in [-0.39, 0.29) is 5.41 Å². The SMILES string of the molecule is CC1(C)c2ccc3oc4ccccc4c3c2-c2c1cc(N(c1ccc([Si](C)(C)C)cc1)c1ccc3c(c1)c1ccccc1n3-c1ccccc1)c1oc3ccccc3c21. The maximum atomic E-state index is 7.13. The first-order chi connectivity index (χ1) is 28.7. The quantitative estimate of drug-likeness (QED) is 0.163. The molecule has 0 atom stereocenters. The molecule has 5 heteroatoms. The van der Waals surface area contributed by atoms with Gasteiger partial charge in [0.25, 0.3) is 0 Å². The van der Waals surface area contributed by atoms with Crippen LogP contribution in [0.25, 0.3) is 82.5 Å². The van der Waals surface area contributed by atoms with Crippen LogP contribution in [0, 0.1) is 0 Å². The van der Waals surface area contributed by atoms with E-state index in [1.165, 1.54) is 54.6 Å². The molecule has 0 bridgehead atoms. The molecular weight excluding hydrogens is 737 g/mol. The second-order valence-corrected chi connectivity index (χ2v) is 22.8. The predicted molar refractivity (Wildman–Crippen MR) is 251 cm³/mol. The van der Waals surface area contributed by atoms with Crippen molar-refractivity contribution in [1.82, 2.24) is 4.57 Å². The molecule has 4 nitrogen and oxygen atoms in total. The molecule has 284 valence electrons. The fourth-order valence-corrected chi connectivity index (χ4v) is 11.2. The lowest BCUT2D eigenvalue weighted by Crippen LogP contribution is -2.37. The Morgan fingerprint density at radius 3 is 1.85 bits per heavy atom. The summed E-state index contributed by atoms with van der Waals surface area (Å²) in [4.78, 5) is 2.44. The molecule has 0 amide bonds. The van der Waals surface area contributed by atoms with Gasteiger partial charge in [0.2, 0.25) is 0 Å². The van der Waals surface area contributed by atoms with Crippen LogP contribution in [0.4, 0.5) is 17.1 Å². The van der Waals surface area contributed by atoms with Crippen LogP contribution in [0.1, 0.15) is 25.0 Å². The number of aromatic nitrogens is 1. The summed E-state index contributed by atoms with van der Waals surface area (Å²) in [6.45, 7) is 12.0. The average molecular weight is 779 g/mol. The molecule has 0 saturated carbocycles. The van der Waals surface area contributed by atoms with Gasteiger partial charge in [-0.25, -0.2) is 0 Å². The molecule has 3 heterocycles. The van der Waals surface area contributed by atoms with Crippen molar-refractivity contribution in [2.75, 3.05) is 4.90 Å². The molecule has 8 aromatic carbocycles. The smallest absolute Gasteiger partial charge is 0.160 e. The standard InChI is InChI=1S/C54H42N2O2Si/c1-54(2)41-28-30-48-49(38-18-10-13-21-46(38)57-48)51(41)52-42(54)32-45(53-50(52)39-19-11-14-22-47(39)58-53)55(34-23-26-36(27-24-34)59(3,4)5)35-25-29-44-40(31-35)37-17-9-12-20-43(37)56(44)33-15-7-6-8-16-33/h6-32H,1-5H3. The third-order valence-corrected chi connectivity index (χ3v) is 15.0. The number of fused-ring (bicyclic) bond motifs is 14. The lowest BCUT2D eigenvalue weighted by atomic mass is 9.81. The Morgan fingerprint density at radius 2 is 1.10 bits per heavy atom. The van der Waals surface area contributed by atoms with Gasteiger partial charge in [-0.2, -0.15) is 0 Å². The van der Waals surface area contributed by atoms with Gasteiger partial charge in [0.1, 0.15) is 16.7 Å². The van der Waals surface area contributed by atoms with E-state index in [9.17, 15) is 0 Å². The van der Waals surface area contributed by atoms with Crippen molar-refractivity contribution in [3.63, 3.8) is 0 Å². The molecule has 0 N–H and O–H groups in total. The van der Waals surface area contributed by atoms with E-state index in [1.54, 1.807) is 0 Å². The maximum absolute atomic E-state index is 7.13.